The molecule has 22 atom stereocenters. The smallest absolute Gasteiger partial charge is 0.226 e. The molecule has 14 rings (SSSR count). The van der Waals surface area contributed by atoms with E-state index in [0.717, 1.165) is 16.7 Å². The fraction of sp³-hybridized carbons (Fsp3) is 0.649. The fourth-order valence-corrected chi connectivity index (χ4v) is 11.5. The summed E-state index contributed by atoms with van der Waals surface area (Å²) < 4.78 is 104. The van der Waals surface area contributed by atoms with Gasteiger partial charge in [0.25, 0.3) is 0 Å². The van der Waals surface area contributed by atoms with E-state index in [4.69, 9.17) is 90.4 Å². The van der Waals surface area contributed by atoms with Crippen molar-refractivity contribution < 1.29 is 111 Å². The first-order valence-electron chi connectivity index (χ1n) is 27.1. The number of aliphatic hydroxyl groups excluding tert-OH is 5. The minimum atomic E-state index is -1.12. The van der Waals surface area contributed by atoms with Crippen molar-refractivity contribution in [2.45, 2.75) is 214 Å². The van der Waals surface area contributed by atoms with Crippen LogP contribution in [-0.2, 0) is 85.3 Å². The van der Waals surface area contributed by atoms with Crippen molar-refractivity contribution in [1.29, 1.82) is 0 Å². The number of ether oxygens (including phenoxy) is 18. The van der Waals surface area contributed by atoms with Crippen molar-refractivity contribution in [2.75, 3.05) is 19.8 Å². The Morgan fingerprint density at radius 1 is 0.412 bits per heavy atom. The Balaban J connectivity index is 0.000000114. The molecule has 0 saturated carbocycles. The lowest BCUT2D eigenvalue weighted by atomic mass is 10.0. The van der Waals surface area contributed by atoms with Crippen molar-refractivity contribution >= 4 is 0 Å². The zero-order chi connectivity index (χ0) is 56.5. The van der Waals surface area contributed by atoms with Gasteiger partial charge in [0.15, 0.2) is 60.9 Å². The normalized spacial score (nSPS) is 42.7. The first kappa shape index (κ1) is 58.1. The van der Waals surface area contributed by atoms with Crippen LogP contribution in [0.5, 0.6) is 0 Å². The molecule has 11 saturated heterocycles. The monoisotopic (exact) mass is 1130 g/mol. The summed E-state index contributed by atoms with van der Waals surface area (Å²) in [6.45, 7) is 17.8. The van der Waals surface area contributed by atoms with Crippen LogP contribution in [0.2, 0.25) is 0 Å². The molecule has 440 valence electrons. The molecule has 11 fully saturated rings. The molecule has 0 radical (unpaired) electrons. The largest absolute Gasteiger partial charge is 0.463 e. The van der Waals surface area contributed by atoms with Crippen molar-refractivity contribution in [3.63, 3.8) is 0 Å². The highest BCUT2D eigenvalue weighted by molar-refractivity contribution is 5.21. The zero-order valence-corrected chi connectivity index (χ0v) is 45.8. The Labute approximate surface area is 463 Å². The lowest BCUT2D eigenvalue weighted by Crippen LogP contribution is -2.50. The van der Waals surface area contributed by atoms with E-state index in [-0.39, 0.29) is 55.9 Å². The Morgan fingerprint density at radius 3 is 1.18 bits per heavy atom. The Kier molecular flexibility index (Phi) is 16.7. The van der Waals surface area contributed by atoms with Gasteiger partial charge in [-0.05, 0) is 55.4 Å². The topological polar surface area (TPSA) is 267 Å². The summed E-state index contributed by atoms with van der Waals surface area (Å²) >= 11 is 0. The fourth-order valence-electron chi connectivity index (χ4n) is 11.5. The van der Waals surface area contributed by atoms with Crippen molar-refractivity contribution in [3.05, 3.63) is 120 Å². The highest BCUT2D eigenvalue weighted by Crippen LogP contribution is 2.48. The van der Waals surface area contributed by atoms with E-state index < -0.39 is 123 Å². The van der Waals surface area contributed by atoms with Gasteiger partial charge in [0.05, 0.1) is 19.8 Å². The number of benzene rings is 3. The minimum Gasteiger partial charge on any atom is -0.463 e. The molecule has 3 aromatic carbocycles. The predicted molar refractivity (Wildman–Crippen MR) is 270 cm³/mol. The van der Waals surface area contributed by atoms with Gasteiger partial charge in [-0.1, -0.05) is 97.6 Å². The Bertz CT molecular complexity index is 2440. The average Bonchev–Trinajstić information content (AvgIpc) is 4.52. The first-order chi connectivity index (χ1) is 38.1. The summed E-state index contributed by atoms with van der Waals surface area (Å²) in [5, 5.41) is 47.2. The molecule has 0 aliphatic carbocycles. The van der Waals surface area contributed by atoms with Crippen LogP contribution in [-0.4, -0.2) is 185 Å². The van der Waals surface area contributed by atoms with E-state index in [1.807, 2.05) is 133 Å². The molecule has 18 unspecified atom stereocenters. The van der Waals surface area contributed by atoms with Crippen LogP contribution in [0, 0.1) is 0 Å². The summed E-state index contributed by atoms with van der Waals surface area (Å²) in [6.07, 6.45) is -11.2. The maximum atomic E-state index is 9.79. The van der Waals surface area contributed by atoms with Gasteiger partial charge in [-0.2, -0.15) is 0 Å². The van der Waals surface area contributed by atoms with Crippen LogP contribution in [0.25, 0.3) is 0 Å². The minimum absolute atomic E-state index is 0.142. The van der Waals surface area contributed by atoms with E-state index in [1.54, 1.807) is 13.8 Å². The maximum absolute atomic E-state index is 9.79. The third-order valence-corrected chi connectivity index (χ3v) is 15.0. The van der Waals surface area contributed by atoms with Gasteiger partial charge < -0.3 is 111 Å². The molecular weight excluding hydrogens is 1050 g/mol. The molecular formula is C57H74O23. The molecule has 11 heterocycles. The van der Waals surface area contributed by atoms with E-state index in [1.165, 1.54) is 0 Å². The lowest BCUT2D eigenvalue weighted by Gasteiger charge is -2.39. The van der Waals surface area contributed by atoms with E-state index in [0.29, 0.717) is 5.76 Å². The molecule has 0 bridgehead atoms. The van der Waals surface area contributed by atoms with Crippen LogP contribution in [0.3, 0.4) is 0 Å². The molecule has 0 amide bonds. The molecule has 23 heteroatoms. The molecule has 11 aliphatic heterocycles. The molecule has 23 nitrogen and oxygen atoms in total. The molecule has 80 heavy (non-hydrogen) atoms. The first-order valence-corrected chi connectivity index (χ1v) is 27.1. The second kappa shape index (κ2) is 23.1. The number of fused-ring (bicyclic) bond motifs is 10. The van der Waals surface area contributed by atoms with Crippen LogP contribution in [0.1, 0.15) is 91.0 Å². The molecule has 3 aromatic rings. The third-order valence-electron chi connectivity index (χ3n) is 15.0. The predicted octanol–water partition coefficient (Wildman–Crippen LogP) is 3.74. The van der Waals surface area contributed by atoms with Crippen molar-refractivity contribution in [3.8, 4) is 0 Å². The van der Waals surface area contributed by atoms with Gasteiger partial charge in [-0.3, -0.25) is 0 Å². The molecule has 0 aromatic heterocycles. The van der Waals surface area contributed by atoms with Gasteiger partial charge in [-0.15, -0.1) is 0 Å². The molecule has 5 N–H and O–H groups in total. The highest BCUT2D eigenvalue weighted by atomic mass is 16.9. The summed E-state index contributed by atoms with van der Waals surface area (Å²) in [4.78, 5) is 0. The lowest BCUT2D eigenvalue weighted by molar-refractivity contribution is -0.313. The van der Waals surface area contributed by atoms with Gasteiger partial charge in [0.1, 0.15) is 97.3 Å². The summed E-state index contributed by atoms with van der Waals surface area (Å²) in [6, 6.07) is 29.1. The summed E-state index contributed by atoms with van der Waals surface area (Å²) in [5.74, 6) is -2.28. The maximum Gasteiger partial charge on any atom is 0.226 e. The standard InChI is InChI=1S/2C16H20O6.C16H18O5.C9H16O6/c2*1-16(2)21-13-12-11(19-15(13)22-16)10(8-17)18-14(20-12)9-6-4-3-5-7-9;1-9-11-12(13-15(18-11)21-16(2,3)20-13)19-14(17-9)10-7-5-4-6-8-10;1-9(2)14-7-5(12)6(4(11)3-10)13-8(7)15-9/h2*3-7,10-15,17H,8H2,1-2H3;4-8,11-15H,1H2,2-3H3;4-8,10-12H,3H2,1-2H3/t2*10-,11?,12?,13?,14?,15?;;4?,5-,6+,7?,8?/m10.0/s1. The van der Waals surface area contributed by atoms with Gasteiger partial charge >= 0.3 is 0 Å². The zero-order valence-electron chi connectivity index (χ0n) is 45.8. The van der Waals surface area contributed by atoms with E-state index in [2.05, 4.69) is 6.58 Å². The van der Waals surface area contributed by atoms with E-state index in [9.17, 15) is 20.4 Å². The highest BCUT2D eigenvalue weighted by Gasteiger charge is 2.63. The van der Waals surface area contributed by atoms with Crippen LogP contribution < -0.4 is 0 Å². The van der Waals surface area contributed by atoms with Crippen molar-refractivity contribution in [2.24, 2.45) is 0 Å². The van der Waals surface area contributed by atoms with Crippen molar-refractivity contribution in [1.82, 2.24) is 0 Å². The SMILES string of the molecule is C=C1OC(c2ccccc2)OC2C1OC1OC(C)(C)OC12.CC1(C)OC2OC3C(OC(c4ccccc4)O[C@@H]3CO)C2O1.CC1(C)OC2OC3C(OC(c4ccccc4)O[C@H]3CO)C2O1.CC1(C)OC2O[C@H](C(O)CO)[C@H](O)C2O1. The molecule has 11 aliphatic rings. The average molecular weight is 1130 g/mol. The number of hydrogen-bond donors (Lipinski definition) is 5. The second-order valence-electron chi connectivity index (χ2n) is 22.8. The summed E-state index contributed by atoms with van der Waals surface area (Å²) in [5.41, 5.74) is 2.75. The van der Waals surface area contributed by atoms with Crippen LogP contribution in [0.4, 0.5) is 0 Å². The van der Waals surface area contributed by atoms with Gasteiger partial charge in [0.2, 0.25) is 6.29 Å². The summed E-state index contributed by atoms with van der Waals surface area (Å²) in [7, 11) is 0. The number of rotatable bonds is 7. The van der Waals surface area contributed by atoms with Gasteiger partial charge in [-0.25, -0.2) is 0 Å². The Hall–Kier alpha value is -3.68. The second-order valence-corrected chi connectivity index (χ2v) is 22.8. The van der Waals surface area contributed by atoms with Crippen LogP contribution in [0.15, 0.2) is 103 Å². The van der Waals surface area contributed by atoms with Crippen LogP contribution >= 0.6 is 0 Å². The quantitative estimate of drug-likeness (QED) is 0.226. The number of hydrogen-bond acceptors (Lipinski definition) is 23. The molecule has 0 spiro atoms. The van der Waals surface area contributed by atoms with E-state index >= 15 is 0 Å². The Morgan fingerprint density at radius 2 is 0.775 bits per heavy atom. The van der Waals surface area contributed by atoms with Gasteiger partial charge in [0, 0.05) is 16.7 Å². The number of aliphatic hydroxyl groups is 5. The third kappa shape index (κ3) is 12.0.